The summed E-state index contributed by atoms with van der Waals surface area (Å²) in [6.45, 7) is 4.83. The maximum atomic E-state index is 13.8. The maximum Gasteiger partial charge on any atom is 0.260 e. The number of ether oxygens (including phenoxy) is 5. The van der Waals surface area contributed by atoms with Crippen LogP contribution in [0, 0.1) is 0 Å². The van der Waals surface area contributed by atoms with Crippen LogP contribution < -0.4 is 29.0 Å². The standard InChI is InChI=1S/C45H45N5O7/c1-27(2)48-32-11-7-28(8-12-32)30-17-33-23-46-38-21-42(40(54-4)19-36(38)44(51)49(33)25-30)56-15-6-16-57-43-22-39-37(20-41(43)55-5)45(52)50-26-31(18-34(50)24-47-39)29-9-13-35(53-3)14-10-29/h7-14,19-27,33-34,48H,6,15-18H2,1-5H3/t33-,34-/m0/s1. The number of carbonyl (C=O) groups excluding carboxylic acids is 2. The van der Waals surface area contributed by atoms with Gasteiger partial charge < -0.3 is 38.8 Å². The topological polar surface area (TPSA) is 124 Å². The number of carbonyl (C=O) groups is 2. The molecule has 2 amide bonds. The molecular weight excluding hydrogens is 723 g/mol. The molecule has 8 rings (SSSR count). The summed E-state index contributed by atoms with van der Waals surface area (Å²) in [5, 5.41) is 3.41. The van der Waals surface area contributed by atoms with Crippen LogP contribution in [0.5, 0.6) is 28.7 Å². The second-order valence-electron chi connectivity index (χ2n) is 14.5. The van der Waals surface area contributed by atoms with Crippen molar-refractivity contribution >= 4 is 52.5 Å². The maximum absolute atomic E-state index is 13.8. The molecule has 4 aliphatic rings. The van der Waals surface area contributed by atoms with Crippen LogP contribution in [0.1, 0.15) is 65.0 Å². The highest BCUT2D eigenvalue weighted by atomic mass is 16.5. The molecule has 12 heteroatoms. The molecule has 1 N–H and O–H groups in total. The number of hydrogen-bond acceptors (Lipinski definition) is 10. The van der Waals surface area contributed by atoms with Gasteiger partial charge in [0, 0.05) is 68.0 Å². The molecule has 4 heterocycles. The Morgan fingerprint density at radius 3 is 1.56 bits per heavy atom. The molecule has 0 unspecified atom stereocenters. The molecule has 0 saturated carbocycles. The lowest BCUT2D eigenvalue weighted by Crippen LogP contribution is -2.32. The van der Waals surface area contributed by atoms with Gasteiger partial charge in [-0.3, -0.25) is 19.6 Å². The third-order valence-electron chi connectivity index (χ3n) is 10.4. The van der Waals surface area contributed by atoms with E-state index in [0.717, 1.165) is 33.7 Å². The molecule has 4 aromatic rings. The molecule has 0 saturated heterocycles. The first kappa shape index (κ1) is 37.4. The van der Waals surface area contributed by atoms with E-state index in [-0.39, 0.29) is 23.9 Å². The van der Waals surface area contributed by atoms with E-state index in [1.165, 1.54) is 0 Å². The Morgan fingerprint density at radius 2 is 1.12 bits per heavy atom. The summed E-state index contributed by atoms with van der Waals surface area (Å²) < 4.78 is 28.9. The molecule has 0 bridgehead atoms. The Balaban J connectivity index is 0.898. The van der Waals surface area contributed by atoms with Gasteiger partial charge in [-0.25, -0.2) is 0 Å². The van der Waals surface area contributed by atoms with Gasteiger partial charge in [0.25, 0.3) is 11.8 Å². The minimum atomic E-state index is -0.203. The van der Waals surface area contributed by atoms with E-state index in [0.29, 0.717) is 84.0 Å². The van der Waals surface area contributed by atoms with Crippen LogP contribution in [0.4, 0.5) is 17.1 Å². The first-order valence-corrected chi connectivity index (χ1v) is 19.1. The SMILES string of the molecule is COc1ccc(C2=CN3C(=O)c4cc(OC)c(OCCCOc5cc6c(cc5OC)C(=O)N5C=C(c7ccc(NC(C)C)cc7)C[C@H]5C=N6)cc4N=C[C@@H]3C2)cc1. The zero-order chi connectivity index (χ0) is 39.6. The number of anilines is 1. The number of aliphatic imine (C=N–C) groups is 2. The van der Waals surface area contributed by atoms with E-state index < -0.39 is 0 Å². The average molecular weight is 768 g/mol. The summed E-state index contributed by atoms with van der Waals surface area (Å²) in [5.41, 5.74) is 7.22. The van der Waals surface area contributed by atoms with Gasteiger partial charge in [0.1, 0.15) is 5.75 Å². The quantitative estimate of drug-likeness (QED) is 0.135. The van der Waals surface area contributed by atoms with Gasteiger partial charge in [0.15, 0.2) is 23.0 Å². The molecule has 0 fully saturated rings. The molecule has 0 spiro atoms. The van der Waals surface area contributed by atoms with Crippen molar-refractivity contribution in [2.45, 2.75) is 51.2 Å². The Hall–Kier alpha value is -6.56. The van der Waals surface area contributed by atoms with Crippen LogP contribution in [0.3, 0.4) is 0 Å². The van der Waals surface area contributed by atoms with Gasteiger partial charge in [0.2, 0.25) is 0 Å². The summed E-state index contributed by atoms with van der Waals surface area (Å²) in [5.74, 6) is 2.31. The molecule has 4 aliphatic heterocycles. The van der Waals surface area contributed by atoms with Crippen molar-refractivity contribution in [1.82, 2.24) is 9.80 Å². The predicted octanol–water partition coefficient (Wildman–Crippen LogP) is 8.32. The summed E-state index contributed by atoms with van der Waals surface area (Å²) >= 11 is 0. The molecule has 2 atom stereocenters. The Kier molecular flexibility index (Phi) is 10.4. The van der Waals surface area contributed by atoms with Crippen LogP contribution in [0.25, 0.3) is 11.1 Å². The third kappa shape index (κ3) is 7.54. The normalized spacial score (nSPS) is 17.9. The van der Waals surface area contributed by atoms with Crippen molar-refractivity contribution in [2.24, 2.45) is 9.98 Å². The number of fused-ring (bicyclic) bond motifs is 4. The summed E-state index contributed by atoms with van der Waals surface area (Å²) in [7, 11) is 4.73. The average Bonchev–Trinajstić information content (AvgIpc) is 3.80. The molecule has 292 valence electrons. The smallest absolute Gasteiger partial charge is 0.260 e. The fourth-order valence-corrected chi connectivity index (χ4v) is 7.48. The molecule has 0 aromatic heterocycles. The first-order chi connectivity index (χ1) is 27.7. The number of methoxy groups -OCH3 is 3. The van der Waals surface area contributed by atoms with Crippen molar-refractivity contribution in [3.8, 4) is 28.7 Å². The van der Waals surface area contributed by atoms with Gasteiger partial charge in [0.05, 0.1) is 69.1 Å². The first-order valence-electron chi connectivity index (χ1n) is 19.1. The van der Waals surface area contributed by atoms with Crippen LogP contribution in [0.15, 0.2) is 95.2 Å². The van der Waals surface area contributed by atoms with Gasteiger partial charge in [-0.05, 0) is 72.5 Å². The summed E-state index contributed by atoms with van der Waals surface area (Å²) in [4.78, 5) is 40.5. The lowest BCUT2D eigenvalue weighted by atomic mass is 10.0. The number of nitrogens with one attached hydrogen (secondary N) is 1. The highest BCUT2D eigenvalue weighted by Crippen LogP contribution is 2.42. The van der Waals surface area contributed by atoms with E-state index in [1.54, 1.807) is 55.4 Å². The van der Waals surface area contributed by atoms with Crippen molar-refractivity contribution < 1.29 is 33.3 Å². The lowest BCUT2D eigenvalue weighted by Gasteiger charge is -2.19. The van der Waals surface area contributed by atoms with Gasteiger partial charge >= 0.3 is 0 Å². The van der Waals surface area contributed by atoms with Gasteiger partial charge in [-0.15, -0.1) is 0 Å². The molecule has 4 aromatic carbocycles. The second kappa shape index (κ2) is 15.9. The minimum Gasteiger partial charge on any atom is -0.497 e. The Bertz CT molecular complexity index is 2310. The third-order valence-corrected chi connectivity index (χ3v) is 10.4. The zero-order valence-electron chi connectivity index (χ0n) is 32.7. The number of amides is 2. The second-order valence-corrected chi connectivity index (χ2v) is 14.5. The Morgan fingerprint density at radius 1 is 0.649 bits per heavy atom. The van der Waals surface area contributed by atoms with E-state index in [4.69, 9.17) is 33.7 Å². The molecular formula is C45H45N5O7. The number of nitrogens with zero attached hydrogens (tertiary/aromatic N) is 4. The fourth-order valence-electron chi connectivity index (χ4n) is 7.48. The Labute approximate surface area is 332 Å². The summed E-state index contributed by atoms with van der Waals surface area (Å²) in [6.07, 6.45) is 9.32. The highest BCUT2D eigenvalue weighted by molar-refractivity contribution is 6.06. The van der Waals surface area contributed by atoms with Crippen LogP contribution >= 0.6 is 0 Å². The van der Waals surface area contributed by atoms with Crippen LogP contribution in [-0.2, 0) is 0 Å². The number of benzene rings is 4. The van der Waals surface area contributed by atoms with Crippen LogP contribution in [-0.4, -0.2) is 86.7 Å². The number of rotatable bonds is 13. The molecule has 0 radical (unpaired) electrons. The predicted molar refractivity (Wildman–Crippen MR) is 221 cm³/mol. The highest BCUT2D eigenvalue weighted by Gasteiger charge is 2.35. The largest absolute Gasteiger partial charge is 0.497 e. The molecule has 0 aliphatic carbocycles. The van der Waals surface area contributed by atoms with Gasteiger partial charge in [-0.2, -0.15) is 0 Å². The fraction of sp³-hybridized carbons (Fsp3) is 0.289. The van der Waals surface area contributed by atoms with Crippen molar-refractivity contribution in [2.75, 3.05) is 39.9 Å². The monoisotopic (exact) mass is 767 g/mol. The van der Waals surface area contributed by atoms with Gasteiger partial charge in [-0.1, -0.05) is 24.3 Å². The van der Waals surface area contributed by atoms with E-state index in [9.17, 15) is 9.59 Å². The van der Waals surface area contributed by atoms with Crippen molar-refractivity contribution in [3.05, 3.63) is 107 Å². The number of hydrogen-bond donors (Lipinski definition) is 1. The van der Waals surface area contributed by atoms with E-state index >= 15 is 0 Å². The van der Waals surface area contributed by atoms with Crippen molar-refractivity contribution in [3.63, 3.8) is 0 Å². The molecule has 12 nitrogen and oxygen atoms in total. The molecule has 57 heavy (non-hydrogen) atoms. The van der Waals surface area contributed by atoms with E-state index in [2.05, 4.69) is 43.4 Å². The van der Waals surface area contributed by atoms with E-state index in [1.807, 2.05) is 49.1 Å². The minimum absolute atomic E-state index is 0.144. The van der Waals surface area contributed by atoms with Crippen molar-refractivity contribution in [1.29, 1.82) is 0 Å². The zero-order valence-corrected chi connectivity index (χ0v) is 32.7. The van der Waals surface area contributed by atoms with Crippen LogP contribution in [0.2, 0.25) is 0 Å². The summed E-state index contributed by atoms with van der Waals surface area (Å²) in [6, 6.07) is 22.9. The lowest BCUT2D eigenvalue weighted by molar-refractivity contribution is 0.0809.